The number of nitrogens with one attached hydrogen (secondary N) is 1. The summed E-state index contributed by atoms with van der Waals surface area (Å²) < 4.78 is 5.19. The zero-order valence-electron chi connectivity index (χ0n) is 12.5. The number of ether oxygens (including phenoxy) is 1. The molecule has 1 N–H and O–H groups in total. The van der Waals surface area contributed by atoms with Crippen LogP contribution in [0.4, 0.5) is 11.4 Å². The predicted molar refractivity (Wildman–Crippen MR) is 85.7 cm³/mol. The molecule has 4 nitrogen and oxygen atoms in total. The van der Waals surface area contributed by atoms with Crippen molar-refractivity contribution in [1.29, 1.82) is 5.26 Å². The van der Waals surface area contributed by atoms with Crippen molar-refractivity contribution in [3.63, 3.8) is 0 Å². The third kappa shape index (κ3) is 3.67. The highest BCUT2D eigenvalue weighted by molar-refractivity contribution is 5.53. The summed E-state index contributed by atoms with van der Waals surface area (Å²) in [5, 5.41) is 12.6. The average Bonchev–Trinajstić information content (AvgIpc) is 2.53. The molecule has 2 aromatic rings. The second kappa shape index (κ2) is 6.67. The third-order valence-electron chi connectivity index (χ3n) is 3.25. The molecule has 0 aliphatic rings. The first kappa shape index (κ1) is 14.7. The molecule has 0 amide bonds. The van der Waals surface area contributed by atoms with Gasteiger partial charge in [0.05, 0.1) is 13.2 Å². The Hall–Kier alpha value is -2.67. The van der Waals surface area contributed by atoms with E-state index in [9.17, 15) is 5.26 Å². The van der Waals surface area contributed by atoms with Crippen LogP contribution in [0.15, 0.2) is 48.5 Å². The van der Waals surface area contributed by atoms with Crippen LogP contribution in [-0.4, -0.2) is 21.2 Å². The number of benzene rings is 2. The molecule has 0 radical (unpaired) electrons. The summed E-state index contributed by atoms with van der Waals surface area (Å²) in [6, 6.07) is 17.4. The van der Waals surface area contributed by atoms with Gasteiger partial charge in [-0.15, -0.1) is 0 Å². The van der Waals surface area contributed by atoms with Crippen molar-refractivity contribution in [3.05, 3.63) is 54.1 Å². The lowest BCUT2D eigenvalue weighted by Crippen LogP contribution is -2.11. The van der Waals surface area contributed by atoms with Crippen LogP contribution in [-0.2, 0) is 0 Å². The maximum Gasteiger partial charge on any atom is 0.140 e. The maximum atomic E-state index is 9.39. The van der Waals surface area contributed by atoms with Gasteiger partial charge in [0.1, 0.15) is 11.8 Å². The second-order valence-electron chi connectivity index (χ2n) is 4.92. The van der Waals surface area contributed by atoms with Crippen LogP contribution in [0.2, 0.25) is 0 Å². The van der Waals surface area contributed by atoms with Gasteiger partial charge >= 0.3 is 0 Å². The summed E-state index contributed by atoms with van der Waals surface area (Å²) >= 11 is 0. The number of hydrogen-bond donors (Lipinski definition) is 1. The van der Waals surface area contributed by atoms with E-state index in [1.165, 1.54) is 0 Å². The Kier molecular flexibility index (Phi) is 4.68. The van der Waals surface area contributed by atoms with Crippen molar-refractivity contribution < 1.29 is 4.74 Å². The number of nitrogens with zero attached hydrogens (tertiary/aromatic N) is 2. The lowest BCUT2D eigenvalue weighted by atomic mass is 10.1. The van der Waals surface area contributed by atoms with Gasteiger partial charge in [0, 0.05) is 31.5 Å². The summed E-state index contributed by atoms with van der Waals surface area (Å²) in [4.78, 5) is 2.03. The molecule has 2 rings (SSSR count). The molecule has 0 aliphatic carbocycles. The first-order valence-electron chi connectivity index (χ1n) is 6.71. The van der Waals surface area contributed by atoms with Gasteiger partial charge in [-0.25, -0.2) is 0 Å². The third-order valence-corrected chi connectivity index (χ3v) is 3.25. The van der Waals surface area contributed by atoms with Crippen LogP contribution >= 0.6 is 0 Å². The van der Waals surface area contributed by atoms with E-state index in [2.05, 4.69) is 11.4 Å². The molecule has 1 unspecified atom stereocenters. The molecule has 108 valence electrons. The molecule has 0 saturated heterocycles. The van der Waals surface area contributed by atoms with Gasteiger partial charge < -0.3 is 15.0 Å². The molecule has 0 bridgehead atoms. The molecule has 4 heteroatoms. The lowest BCUT2D eigenvalue weighted by molar-refractivity contribution is 0.415. The van der Waals surface area contributed by atoms with Gasteiger partial charge in [-0.1, -0.05) is 18.2 Å². The average molecular weight is 281 g/mol. The highest BCUT2D eigenvalue weighted by Gasteiger charge is 2.10. The highest BCUT2D eigenvalue weighted by atomic mass is 16.5. The zero-order chi connectivity index (χ0) is 15.2. The minimum Gasteiger partial charge on any atom is -0.497 e. The standard InChI is InChI=1S/C17H19N3O/c1-20(2)15-9-7-13(8-10-15)17(12-18)19-14-5-4-6-16(11-14)21-3/h4-11,17,19H,1-3H3. The minimum atomic E-state index is -0.395. The maximum absolute atomic E-state index is 9.39. The van der Waals surface area contributed by atoms with E-state index in [1.54, 1.807) is 7.11 Å². The largest absolute Gasteiger partial charge is 0.497 e. The summed E-state index contributed by atoms with van der Waals surface area (Å²) in [6.45, 7) is 0. The first-order chi connectivity index (χ1) is 10.1. The fourth-order valence-corrected chi connectivity index (χ4v) is 2.03. The monoisotopic (exact) mass is 281 g/mol. The fourth-order valence-electron chi connectivity index (χ4n) is 2.03. The Labute approximate surface area is 125 Å². The minimum absolute atomic E-state index is 0.395. The summed E-state index contributed by atoms with van der Waals surface area (Å²) in [5.41, 5.74) is 2.90. The van der Waals surface area contributed by atoms with Crippen LogP contribution in [0.25, 0.3) is 0 Å². The molecule has 0 spiro atoms. The fraction of sp³-hybridized carbons (Fsp3) is 0.235. The number of anilines is 2. The number of rotatable bonds is 5. The van der Waals surface area contributed by atoms with Crippen LogP contribution < -0.4 is 15.0 Å². The highest BCUT2D eigenvalue weighted by Crippen LogP contribution is 2.24. The summed E-state index contributed by atoms with van der Waals surface area (Å²) in [6.07, 6.45) is 0. The van der Waals surface area contributed by atoms with E-state index < -0.39 is 6.04 Å². The molecule has 0 aliphatic heterocycles. The van der Waals surface area contributed by atoms with Crippen LogP contribution in [0.5, 0.6) is 5.75 Å². The zero-order valence-corrected chi connectivity index (χ0v) is 12.5. The number of hydrogen-bond acceptors (Lipinski definition) is 4. The number of methoxy groups -OCH3 is 1. The quantitative estimate of drug-likeness (QED) is 0.912. The molecule has 2 aromatic carbocycles. The Morgan fingerprint density at radius 3 is 2.43 bits per heavy atom. The summed E-state index contributed by atoms with van der Waals surface area (Å²) in [5.74, 6) is 0.764. The summed E-state index contributed by atoms with van der Waals surface area (Å²) in [7, 11) is 5.61. The molecule has 0 aromatic heterocycles. The van der Waals surface area contributed by atoms with E-state index in [0.717, 1.165) is 22.7 Å². The van der Waals surface area contributed by atoms with E-state index in [1.807, 2.05) is 67.5 Å². The van der Waals surface area contributed by atoms with Crippen molar-refractivity contribution in [2.75, 3.05) is 31.4 Å². The molecular weight excluding hydrogens is 262 g/mol. The second-order valence-corrected chi connectivity index (χ2v) is 4.92. The Morgan fingerprint density at radius 1 is 1.14 bits per heavy atom. The van der Waals surface area contributed by atoms with Crippen molar-refractivity contribution in [2.24, 2.45) is 0 Å². The van der Waals surface area contributed by atoms with Gasteiger partial charge in [0.2, 0.25) is 0 Å². The molecule has 0 heterocycles. The Balaban J connectivity index is 2.17. The Bertz CT molecular complexity index is 629. The van der Waals surface area contributed by atoms with E-state index in [0.29, 0.717) is 0 Å². The van der Waals surface area contributed by atoms with Crippen molar-refractivity contribution >= 4 is 11.4 Å². The van der Waals surface area contributed by atoms with Gasteiger partial charge in [-0.3, -0.25) is 0 Å². The molecular formula is C17H19N3O. The molecule has 0 saturated carbocycles. The van der Waals surface area contributed by atoms with Crippen LogP contribution in [0.3, 0.4) is 0 Å². The lowest BCUT2D eigenvalue weighted by Gasteiger charge is -2.16. The van der Waals surface area contributed by atoms with Crippen LogP contribution in [0, 0.1) is 11.3 Å². The van der Waals surface area contributed by atoms with Gasteiger partial charge in [0.15, 0.2) is 0 Å². The number of nitriles is 1. The van der Waals surface area contributed by atoms with Crippen molar-refractivity contribution in [3.8, 4) is 11.8 Å². The van der Waals surface area contributed by atoms with E-state index in [-0.39, 0.29) is 0 Å². The molecule has 0 fully saturated rings. The van der Waals surface area contributed by atoms with Crippen LogP contribution in [0.1, 0.15) is 11.6 Å². The predicted octanol–water partition coefficient (Wildman–Crippen LogP) is 3.44. The van der Waals surface area contributed by atoms with Gasteiger partial charge in [-0.05, 0) is 29.8 Å². The Morgan fingerprint density at radius 2 is 1.86 bits per heavy atom. The van der Waals surface area contributed by atoms with Gasteiger partial charge in [0.25, 0.3) is 0 Å². The van der Waals surface area contributed by atoms with Crippen molar-refractivity contribution in [1.82, 2.24) is 0 Å². The SMILES string of the molecule is COc1cccc(NC(C#N)c2ccc(N(C)C)cc2)c1. The topological polar surface area (TPSA) is 48.3 Å². The molecule has 21 heavy (non-hydrogen) atoms. The van der Waals surface area contributed by atoms with E-state index >= 15 is 0 Å². The van der Waals surface area contributed by atoms with E-state index in [4.69, 9.17) is 4.74 Å². The first-order valence-corrected chi connectivity index (χ1v) is 6.71. The normalized spacial score (nSPS) is 11.3. The van der Waals surface area contributed by atoms with Crippen molar-refractivity contribution in [2.45, 2.75) is 6.04 Å². The molecule has 1 atom stereocenters. The smallest absolute Gasteiger partial charge is 0.140 e. The van der Waals surface area contributed by atoms with Gasteiger partial charge in [-0.2, -0.15) is 5.26 Å².